The van der Waals surface area contributed by atoms with Gasteiger partial charge in [0.25, 0.3) is 5.91 Å². The lowest BCUT2D eigenvalue weighted by Gasteiger charge is -2.17. The van der Waals surface area contributed by atoms with Gasteiger partial charge in [0.05, 0.1) is 10.6 Å². The molecule has 39 heavy (non-hydrogen) atoms. The summed E-state index contributed by atoms with van der Waals surface area (Å²) in [5, 5.41) is 10.1. The van der Waals surface area contributed by atoms with Crippen LogP contribution >= 0.6 is 22.9 Å². The van der Waals surface area contributed by atoms with Crippen molar-refractivity contribution in [2.24, 2.45) is 0 Å². The van der Waals surface area contributed by atoms with Crippen LogP contribution in [0.3, 0.4) is 0 Å². The molecule has 1 amide bonds. The van der Waals surface area contributed by atoms with E-state index < -0.39 is 18.0 Å². The zero-order chi connectivity index (χ0) is 27.2. The molecule has 0 saturated heterocycles. The van der Waals surface area contributed by atoms with Crippen LogP contribution in [0.15, 0.2) is 109 Å². The van der Waals surface area contributed by atoms with E-state index in [1.807, 2.05) is 73.1 Å². The first kappa shape index (κ1) is 26.2. The predicted octanol–water partition coefficient (Wildman–Crippen LogP) is 7.50. The van der Waals surface area contributed by atoms with E-state index in [-0.39, 0.29) is 0 Å². The average molecular weight is 554 g/mol. The van der Waals surface area contributed by atoms with Crippen LogP contribution in [0.1, 0.15) is 22.8 Å². The summed E-state index contributed by atoms with van der Waals surface area (Å²) in [7, 11) is 0. The van der Waals surface area contributed by atoms with E-state index in [4.69, 9.17) is 21.4 Å². The molecule has 0 spiro atoms. The van der Waals surface area contributed by atoms with Crippen molar-refractivity contribution >= 4 is 46.6 Å². The fraction of sp³-hybridized carbons (Fsp3) is 0.0645. The standard InChI is InChI=1S/C31H24ClN3O3S/c1-21-14-16-24(19-26(21)32)33-31(37)30(22-9-4-2-5-10-22)38-28(36)17-15-23-20-35(25-11-6-3-7-12-25)34-29(23)27-13-8-18-39-27/h2-20,30H,1H3,(H,33,37)/b17-15+/t30-/m1/s1. The van der Waals surface area contributed by atoms with Gasteiger partial charge in [-0.1, -0.05) is 72.3 Å². The number of amides is 1. The first-order chi connectivity index (χ1) is 19.0. The Bertz CT molecular complexity index is 1610. The van der Waals surface area contributed by atoms with Gasteiger partial charge >= 0.3 is 5.97 Å². The summed E-state index contributed by atoms with van der Waals surface area (Å²) in [6.45, 7) is 1.88. The molecule has 2 heterocycles. The van der Waals surface area contributed by atoms with Crippen molar-refractivity contribution in [3.05, 3.63) is 130 Å². The van der Waals surface area contributed by atoms with Crippen LogP contribution in [0.25, 0.3) is 22.3 Å². The molecule has 0 saturated carbocycles. The molecule has 6 nitrogen and oxygen atoms in total. The number of halogens is 1. The molecule has 0 fully saturated rings. The number of aryl methyl sites for hydroxylation is 1. The van der Waals surface area contributed by atoms with E-state index in [9.17, 15) is 9.59 Å². The summed E-state index contributed by atoms with van der Waals surface area (Å²) in [5.41, 5.74) is 4.33. The Morgan fingerprint density at radius 3 is 2.44 bits per heavy atom. The van der Waals surface area contributed by atoms with Crippen molar-refractivity contribution in [3.8, 4) is 16.3 Å². The predicted molar refractivity (Wildman–Crippen MR) is 156 cm³/mol. The Balaban J connectivity index is 1.39. The fourth-order valence-corrected chi connectivity index (χ4v) is 4.83. The Labute approximate surface area is 235 Å². The third-order valence-electron chi connectivity index (χ3n) is 5.93. The largest absolute Gasteiger partial charge is 0.444 e. The molecule has 0 bridgehead atoms. The van der Waals surface area contributed by atoms with Gasteiger partial charge in [-0.15, -0.1) is 11.3 Å². The summed E-state index contributed by atoms with van der Waals surface area (Å²) in [6, 6.07) is 27.8. The number of ether oxygens (including phenoxy) is 1. The summed E-state index contributed by atoms with van der Waals surface area (Å²) in [5.74, 6) is -1.15. The molecule has 5 rings (SSSR count). The summed E-state index contributed by atoms with van der Waals surface area (Å²) in [6.07, 6.45) is 3.67. The molecule has 0 aliphatic carbocycles. The Morgan fingerprint density at radius 1 is 1.00 bits per heavy atom. The number of hydrogen-bond acceptors (Lipinski definition) is 5. The lowest BCUT2D eigenvalue weighted by Crippen LogP contribution is -2.25. The maximum absolute atomic E-state index is 13.2. The van der Waals surface area contributed by atoms with Crippen LogP contribution in [0.2, 0.25) is 5.02 Å². The number of anilines is 1. The van der Waals surface area contributed by atoms with Crippen molar-refractivity contribution < 1.29 is 14.3 Å². The third-order valence-corrected chi connectivity index (χ3v) is 7.21. The second kappa shape index (κ2) is 11.9. The highest BCUT2D eigenvalue weighted by molar-refractivity contribution is 7.13. The van der Waals surface area contributed by atoms with Gasteiger partial charge in [0.1, 0.15) is 5.69 Å². The van der Waals surface area contributed by atoms with Crippen molar-refractivity contribution in [2.45, 2.75) is 13.0 Å². The number of benzene rings is 3. The Hall–Kier alpha value is -4.46. The van der Waals surface area contributed by atoms with Crippen LogP contribution < -0.4 is 5.32 Å². The van der Waals surface area contributed by atoms with Gasteiger partial charge < -0.3 is 10.1 Å². The lowest BCUT2D eigenvalue weighted by atomic mass is 10.1. The number of carbonyl (C=O) groups is 2. The third kappa shape index (κ3) is 6.34. The van der Waals surface area contributed by atoms with Crippen LogP contribution in [0.4, 0.5) is 5.69 Å². The molecule has 3 aromatic carbocycles. The molecule has 0 radical (unpaired) electrons. The number of esters is 1. The molecule has 5 aromatic rings. The zero-order valence-electron chi connectivity index (χ0n) is 21.0. The molecular formula is C31H24ClN3O3S. The van der Waals surface area contributed by atoms with Crippen molar-refractivity contribution in [2.75, 3.05) is 5.32 Å². The Kier molecular flexibility index (Phi) is 8.01. The van der Waals surface area contributed by atoms with E-state index in [0.717, 1.165) is 27.4 Å². The van der Waals surface area contributed by atoms with E-state index in [0.29, 0.717) is 16.3 Å². The summed E-state index contributed by atoms with van der Waals surface area (Å²) in [4.78, 5) is 27.2. The first-order valence-electron chi connectivity index (χ1n) is 12.2. The number of rotatable bonds is 8. The van der Waals surface area contributed by atoms with Gasteiger partial charge in [-0.25, -0.2) is 9.48 Å². The molecule has 2 aromatic heterocycles. The van der Waals surface area contributed by atoms with Crippen LogP contribution in [-0.2, 0) is 14.3 Å². The van der Waals surface area contributed by atoms with Crippen LogP contribution in [-0.4, -0.2) is 21.7 Å². The number of carbonyl (C=O) groups excluding carboxylic acids is 2. The minimum atomic E-state index is -1.16. The first-order valence-corrected chi connectivity index (χ1v) is 13.4. The molecule has 0 aliphatic rings. The number of nitrogens with zero attached hydrogens (tertiary/aromatic N) is 2. The minimum absolute atomic E-state index is 0.487. The molecule has 0 unspecified atom stereocenters. The second-order valence-corrected chi connectivity index (χ2v) is 10.1. The maximum atomic E-state index is 13.2. The van der Waals surface area contributed by atoms with Gasteiger partial charge in [-0.2, -0.15) is 5.10 Å². The van der Waals surface area contributed by atoms with Crippen molar-refractivity contribution in [1.82, 2.24) is 9.78 Å². The summed E-state index contributed by atoms with van der Waals surface area (Å²) >= 11 is 7.78. The lowest BCUT2D eigenvalue weighted by molar-refractivity contribution is -0.149. The van der Waals surface area contributed by atoms with Gasteiger partial charge in [0, 0.05) is 34.1 Å². The molecule has 8 heteroatoms. The van der Waals surface area contributed by atoms with Gasteiger partial charge in [-0.05, 0) is 54.3 Å². The summed E-state index contributed by atoms with van der Waals surface area (Å²) < 4.78 is 7.44. The van der Waals surface area contributed by atoms with Crippen molar-refractivity contribution in [1.29, 1.82) is 0 Å². The minimum Gasteiger partial charge on any atom is -0.444 e. The number of aromatic nitrogens is 2. The molecule has 1 N–H and O–H groups in total. The quantitative estimate of drug-likeness (QED) is 0.159. The van der Waals surface area contributed by atoms with Gasteiger partial charge in [-0.3, -0.25) is 4.79 Å². The highest BCUT2D eigenvalue weighted by Gasteiger charge is 2.25. The number of nitrogens with one attached hydrogen (secondary N) is 1. The maximum Gasteiger partial charge on any atom is 0.331 e. The second-order valence-electron chi connectivity index (χ2n) is 8.70. The van der Waals surface area contributed by atoms with Crippen molar-refractivity contribution in [3.63, 3.8) is 0 Å². The fourth-order valence-electron chi connectivity index (χ4n) is 3.92. The average Bonchev–Trinajstić information content (AvgIpc) is 3.64. The molecule has 1 atom stereocenters. The number of hydrogen-bond donors (Lipinski definition) is 1. The van der Waals surface area contributed by atoms with E-state index in [1.54, 1.807) is 58.5 Å². The highest BCUT2D eigenvalue weighted by Crippen LogP contribution is 2.29. The smallest absolute Gasteiger partial charge is 0.331 e. The van der Waals surface area contributed by atoms with Gasteiger partial charge in [0.2, 0.25) is 6.10 Å². The van der Waals surface area contributed by atoms with Crippen LogP contribution in [0, 0.1) is 6.92 Å². The molecule has 194 valence electrons. The normalized spacial score (nSPS) is 11.8. The monoisotopic (exact) mass is 553 g/mol. The molecular weight excluding hydrogens is 530 g/mol. The zero-order valence-corrected chi connectivity index (χ0v) is 22.5. The topological polar surface area (TPSA) is 73.2 Å². The van der Waals surface area contributed by atoms with Gasteiger partial charge in [0.15, 0.2) is 0 Å². The SMILES string of the molecule is Cc1ccc(NC(=O)[C@H](OC(=O)/C=C/c2cn(-c3ccccc3)nc2-c2cccs2)c2ccccc2)cc1Cl. The number of thiophene rings is 1. The van der Waals surface area contributed by atoms with E-state index in [2.05, 4.69) is 5.32 Å². The Morgan fingerprint density at radius 2 is 1.74 bits per heavy atom. The van der Waals surface area contributed by atoms with Crippen LogP contribution in [0.5, 0.6) is 0 Å². The molecule has 0 aliphatic heterocycles. The van der Waals surface area contributed by atoms with E-state index >= 15 is 0 Å². The highest BCUT2D eigenvalue weighted by atomic mass is 35.5. The number of para-hydroxylation sites is 1. The van der Waals surface area contributed by atoms with E-state index in [1.165, 1.54) is 6.08 Å².